The Morgan fingerprint density at radius 3 is 1.85 bits per heavy atom. The van der Waals surface area contributed by atoms with E-state index in [1.54, 1.807) is 14.1 Å². The maximum Gasteiger partial charge on any atom is 0.306 e. The number of carboxylic acid groups (broad SMARTS) is 1. The summed E-state index contributed by atoms with van der Waals surface area (Å²) in [7, 11) is -0.396. The number of likely N-dealkylation sites (N-methyl/N-ethyl adjacent to an activating group) is 1. The van der Waals surface area contributed by atoms with Crippen LogP contribution in [0, 0.1) is 7.05 Å². The van der Waals surface area contributed by atoms with Crippen LogP contribution < -0.4 is 0 Å². The van der Waals surface area contributed by atoms with Gasteiger partial charge in [0.25, 0.3) is 10.1 Å². The summed E-state index contributed by atoms with van der Waals surface area (Å²) in [4.78, 5) is 10.5. The Kier molecular flexibility index (Phi) is 8.49. The second-order valence-corrected chi connectivity index (χ2v) is 7.85. The first kappa shape index (κ1) is 21.5. The molecule has 0 aromatic heterocycles. The lowest BCUT2D eigenvalue weighted by atomic mass is 10.2. The molecule has 0 saturated heterocycles. The summed E-state index contributed by atoms with van der Waals surface area (Å²) in [6, 6.07) is 0. The number of aliphatic carboxylic acids is 1. The fourth-order valence-corrected chi connectivity index (χ4v) is 1.75. The van der Waals surface area contributed by atoms with Gasteiger partial charge in [-0.15, -0.1) is 0 Å². The number of hydrogen-bond donors (Lipinski definition) is 1. The molecule has 0 heterocycles. The number of carbonyl (C=O) groups is 1. The molecule has 0 fully saturated rings. The first-order chi connectivity index (χ1) is 8.49. The van der Waals surface area contributed by atoms with Crippen LogP contribution in [0.15, 0.2) is 0 Å². The van der Waals surface area contributed by atoms with Crippen molar-refractivity contribution in [1.82, 2.24) is 0 Å². The van der Waals surface area contributed by atoms with Crippen LogP contribution in [0.2, 0.25) is 0 Å². The monoisotopic (exact) mass is 334 g/mol. The topological polar surface area (TPSA) is 138 Å². The first-order valence-electron chi connectivity index (χ1n) is 5.18. The molecule has 0 spiro atoms. The molecule has 0 aliphatic rings. The van der Waals surface area contributed by atoms with Crippen LogP contribution in [0.3, 0.4) is 0 Å². The molecule has 0 aromatic rings. The average molecular weight is 334 g/mol. The highest BCUT2D eigenvalue weighted by Gasteiger charge is 2.25. The number of carboxylic acids is 1. The minimum atomic E-state index is -3.92. The van der Waals surface area contributed by atoms with E-state index in [-0.39, 0.29) is 17.4 Å². The molecule has 11 heteroatoms. The molecule has 1 N–H and O–H groups in total. The normalized spacial score (nSPS) is 14.1. The molecule has 121 valence electrons. The van der Waals surface area contributed by atoms with Crippen molar-refractivity contribution in [3.63, 3.8) is 0 Å². The zero-order chi connectivity index (χ0) is 16.8. The van der Waals surface area contributed by atoms with Crippen molar-refractivity contribution < 1.29 is 40.0 Å². The summed E-state index contributed by atoms with van der Waals surface area (Å²) in [5.74, 6) is -1.10. The Balaban J connectivity index is 0. The Hall–Kier alpha value is -0.750. The van der Waals surface area contributed by atoms with Crippen molar-refractivity contribution in [2.24, 2.45) is 0 Å². The molecule has 1 radical (unpaired) electrons. The van der Waals surface area contributed by atoms with Gasteiger partial charge < -0.3 is 14.1 Å². The summed E-state index contributed by atoms with van der Waals surface area (Å²) < 4.78 is 53.8. The van der Waals surface area contributed by atoms with Crippen molar-refractivity contribution >= 4 is 26.2 Å². The quantitative estimate of drug-likeness (QED) is 0.364. The van der Waals surface area contributed by atoms with Gasteiger partial charge in [-0.3, -0.25) is 8.98 Å². The summed E-state index contributed by atoms with van der Waals surface area (Å²) in [6.07, 6.45) is 0.257. The van der Waals surface area contributed by atoms with E-state index in [1.165, 1.54) is 0 Å². The van der Waals surface area contributed by atoms with Crippen LogP contribution in [-0.4, -0.2) is 76.2 Å². The van der Waals surface area contributed by atoms with Crippen molar-refractivity contribution in [1.29, 1.82) is 0 Å². The van der Waals surface area contributed by atoms with Crippen LogP contribution >= 0.6 is 0 Å². The zero-order valence-corrected chi connectivity index (χ0v) is 13.4. The number of nitrogens with zero attached hydrogens (tertiary/aromatic N) is 1. The lowest BCUT2D eigenvalue weighted by Gasteiger charge is -2.27. The van der Waals surface area contributed by atoms with Gasteiger partial charge in [-0.2, -0.15) is 8.42 Å². The molecule has 20 heavy (non-hydrogen) atoms. The van der Waals surface area contributed by atoms with Crippen LogP contribution in [0.25, 0.3) is 0 Å². The second kappa shape index (κ2) is 7.88. The Morgan fingerprint density at radius 2 is 1.65 bits per heavy atom. The fourth-order valence-electron chi connectivity index (χ4n) is 1.12. The molecule has 0 amide bonds. The predicted octanol–water partition coefficient (Wildman–Crippen LogP) is -1.16. The summed E-state index contributed by atoms with van der Waals surface area (Å²) in [5, 5.41) is 8.58. The van der Waals surface area contributed by atoms with Crippen LogP contribution in [-0.2, 0) is 29.2 Å². The van der Waals surface area contributed by atoms with Crippen LogP contribution in [0.4, 0.5) is 0 Å². The highest BCUT2D eigenvalue weighted by molar-refractivity contribution is 7.86. The molecule has 0 rings (SSSR count). The molecule has 1 unspecified atom stereocenters. The lowest BCUT2D eigenvalue weighted by Crippen LogP contribution is -2.42. The van der Waals surface area contributed by atoms with E-state index in [0.717, 1.165) is 6.26 Å². The van der Waals surface area contributed by atoms with Gasteiger partial charge in [0.1, 0.15) is 19.7 Å². The van der Waals surface area contributed by atoms with Gasteiger partial charge in [0.2, 0.25) is 0 Å². The van der Waals surface area contributed by atoms with Gasteiger partial charge in [-0.1, -0.05) is 0 Å². The molecule has 9 nitrogen and oxygen atoms in total. The van der Waals surface area contributed by atoms with Gasteiger partial charge >= 0.3 is 5.97 Å². The molecule has 0 saturated carbocycles. The van der Waals surface area contributed by atoms with Crippen molar-refractivity contribution in [3.8, 4) is 0 Å². The average Bonchev–Trinajstić information content (AvgIpc) is 1.89. The van der Waals surface area contributed by atoms with Crippen molar-refractivity contribution in [2.75, 3.05) is 33.2 Å². The molecular weight excluding hydrogens is 314 g/mol. The first-order valence-corrected chi connectivity index (χ1v) is 8.81. The molecule has 0 aliphatic heterocycles. The van der Waals surface area contributed by atoms with E-state index in [2.05, 4.69) is 11.2 Å². The second-order valence-electron chi connectivity index (χ2n) is 4.84. The highest BCUT2D eigenvalue weighted by Crippen LogP contribution is 2.08. The standard InChI is InChI=1S/C8H17NO5S.CH4O3S/c1-9(2,3)6-7(5-8(10)11)14-15(4,12)13;1-5(2,3)4/h7H,1,5-6H2,2-4H3,(H,10,11);1H3,(H,2,3,4)/q+1;/p-1. The van der Waals surface area contributed by atoms with Crippen molar-refractivity contribution in [2.45, 2.75) is 12.5 Å². The van der Waals surface area contributed by atoms with Gasteiger partial charge in [0.15, 0.2) is 0 Å². The zero-order valence-electron chi connectivity index (χ0n) is 11.8. The Morgan fingerprint density at radius 1 is 1.30 bits per heavy atom. The maximum atomic E-state index is 10.9. The number of rotatable bonds is 6. The van der Waals surface area contributed by atoms with Gasteiger partial charge in [-0.05, 0) is 0 Å². The number of quaternary nitrogens is 1. The van der Waals surface area contributed by atoms with Gasteiger partial charge in [0.05, 0.1) is 36.9 Å². The van der Waals surface area contributed by atoms with E-state index in [4.69, 9.17) is 18.1 Å². The van der Waals surface area contributed by atoms with Crippen LogP contribution in [0.5, 0.6) is 0 Å². The predicted molar refractivity (Wildman–Crippen MR) is 69.9 cm³/mol. The highest BCUT2D eigenvalue weighted by atomic mass is 32.2. The molecule has 0 aliphatic carbocycles. The SMILES string of the molecule is CS(=O)(=O)[O-].[CH2][N+](C)(C)CC(CC(=O)O)OS(C)(=O)=O. The van der Waals surface area contributed by atoms with E-state index in [0.29, 0.717) is 6.26 Å². The van der Waals surface area contributed by atoms with Gasteiger partial charge in [0, 0.05) is 6.26 Å². The smallest absolute Gasteiger partial charge is 0.306 e. The summed E-state index contributed by atoms with van der Waals surface area (Å²) >= 11 is 0. The third kappa shape index (κ3) is 25.9. The lowest BCUT2D eigenvalue weighted by molar-refractivity contribution is -0.848. The van der Waals surface area contributed by atoms with E-state index in [9.17, 15) is 13.2 Å². The van der Waals surface area contributed by atoms with E-state index < -0.39 is 32.3 Å². The number of hydrogen-bond acceptors (Lipinski definition) is 7. The third-order valence-electron chi connectivity index (χ3n) is 1.41. The third-order valence-corrected chi connectivity index (χ3v) is 2.03. The van der Waals surface area contributed by atoms with Crippen molar-refractivity contribution in [3.05, 3.63) is 7.05 Å². The largest absolute Gasteiger partial charge is 0.748 e. The Bertz CT molecular complexity index is 495. The molecule has 0 bridgehead atoms. The minimum Gasteiger partial charge on any atom is -0.748 e. The van der Waals surface area contributed by atoms with Crippen LogP contribution in [0.1, 0.15) is 6.42 Å². The van der Waals surface area contributed by atoms with E-state index in [1.807, 2.05) is 0 Å². The summed E-state index contributed by atoms with van der Waals surface area (Å²) in [5.41, 5.74) is 0. The van der Waals surface area contributed by atoms with E-state index >= 15 is 0 Å². The molecule has 1 atom stereocenters. The van der Waals surface area contributed by atoms with Gasteiger partial charge in [-0.25, -0.2) is 8.42 Å². The summed E-state index contributed by atoms with van der Waals surface area (Å²) in [6.45, 7) is 0.208. The molecule has 0 aromatic carbocycles. The minimum absolute atomic E-state index is 0.188. The molecular formula is C9H20NO8S2. The Labute approximate surface area is 119 Å². The maximum absolute atomic E-state index is 10.9. The fraction of sp³-hybridized carbons (Fsp3) is 0.778.